The molecule has 0 amide bonds. The molecule has 0 radical (unpaired) electrons. The van der Waals surface area contributed by atoms with E-state index < -0.39 is 0 Å². The van der Waals surface area contributed by atoms with Gasteiger partial charge in [0, 0.05) is 31.6 Å². The van der Waals surface area contributed by atoms with Crippen LogP contribution in [-0.2, 0) is 4.74 Å². The molecule has 0 bridgehead atoms. The highest BCUT2D eigenvalue weighted by Gasteiger charge is 2.24. The third-order valence-corrected chi connectivity index (χ3v) is 3.60. The summed E-state index contributed by atoms with van der Waals surface area (Å²) >= 11 is 0. The van der Waals surface area contributed by atoms with Crippen LogP contribution in [0.15, 0.2) is 24.3 Å². The van der Waals surface area contributed by atoms with Gasteiger partial charge in [-0.2, -0.15) is 0 Å². The van der Waals surface area contributed by atoms with E-state index in [1.165, 1.54) is 0 Å². The SMILES string of the molecule is Cc1cccc(C(=O)CCN2CC(C)OC(CO)C2)c1. The molecule has 4 nitrogen and oxygen atoms in total. The van der Waals surface area contributed by atoms with Crippen molar-refractivity contribution in [3.05, 3.63) is 35.4 Å². The summed E-state index contributed by atoms with van der Waals surface area (Å²) in [6.45, 7) is 6.26. The van der Waals surface area contributed by atoms with Crippen LogP contribution in [0.4, 0.5) is 0 Å². The van der Waals surface area contributed by atoms with Crippen molar-refractivity contribution in [2.75, 3.05) is 26.2 Å². The summed E-state index contributed by atoms with van der Waals surface area (Å²) in [7, 11) is 0. The molecule has 2 rings (SSSR count). The van der Waals surface area contributed by atoms with Crippen LogP contribution in [0.5, 0.6) is 0 Å². The molecule has 1 N–H and O–H groups in total. The molecule has 1 aromatic carbocycles. The Morgan fingerprint density at radius 3 is 2.95 bits per heavy atom. The normalized spacial score (nSPS) is 23.8. The highest BCUT2D eigenvalue weighted by atomic mass is 16.5. The monoisotopic (exact) mass is 277 g/mol. The Labute approximate surface area is 120 Å². The van der Waals surface area contributed by atoms with Crippen molar-refractivity contribution in [3.8, 4) is 0 Å². The summed E-state index contributed by atoms with van der Waals surface area (Å²) in [4.78, 5) is 14.4. The molecule has 0 aromatic heterocycles. The number of benzene rings is 1. The molecule has 1 aliphatic heterocycles. The molecule has 1 aromatic rings. The molecule has 1 aliphatic rings. The van der Waals surface area contributed by atoms with Crippen LogP contribution in [-0.4, -0.2) is 54.2 Å². The fourth-order valence-corrected chi connectivity index (χ4v) is 2.65. The number of hydrogen-bond acceptors (Lipinski definition) is 4. The maximum atomic E-state index is 12.2. The lowest BCUT2D eigenvalue weighted by Crippen LogP contribution is -2.48. The number of aryl methyl sites for hydroxylation is 1. The van der Waals surface area contributed by atoms with Crippen molar-refractivity contribution in [1.29, 1.82) is 0 Å². The topological polar surface area (TPSA) is 49.8 Å². The minimum absolute atomic E-state index is 0.0344. The van der Waals surface area contributed by atoms with Gasteiger partial charge in [0.2, 0.25) is 0 Å². The number of rotatable bonds is 5. The largest absolute Gasteiger partial charge is 0.394 e. The van der Waals surface area contributed by atoms with Gasteiger partial charge in [0.15, 0.2) is 5.78 Å². The van der Waals surface area contributed by atoms with E-state index in [1.54, 1.807) is 0 Å². The molecule has 0 saturated carbocycles. The number of Topliss-reactive ketones (excluding diaryl/α,β-unsaturated/α-hetero) is 1. The maximum Gasteiger partial charge on any atom is 0.164 e. The zero-order valence-corrected chi connectivity index (χ0v) is 12.2. The number of nitrogens with zero attached hydrogens (tertiary/aromatic N) is 1. The lowest BCUT2D eigenvalue weighted by molar-refractivity contribution is -0.0947. The molecule has 0 spiro atoms. The first kappa shape index (κ1) is 15.2. The van der Waals surface area contributed by atoms with Gasteiger partial charge in [0.05, 0.1) is 18.8 Å². The second-order valence-electron chi connectivity index (χ2n) is 5.55. The number of hydrogen-bond donors (Lipinski definition) is 1. The molecule has 1 saturated heterocycles. The van der Waals surface area contributed by atoms with E-state index in [2.05, 4.69) is 4.90 Å². The van der Waals surface area contributed by atoms with Crippen LogP contribution in [0.2, 0.25) is 0 Å². The summed E-state index contributed by atoms with van der Waals surface area (Å²) in [6.07, 6.45) is 0.483. The molecule has 20 heavy (non-hydrogen) atoms. The average Bonchev–Trinajstić information content (AvgIpc) is 2.44. The molecule has 2 unspecified atom stereocenters. The minimum Gasteiger partial charge on any atom is -0.394 e. The zero-order valence-electron chi connectivity index (χ0n) is 12.2. The fraction of sp³-hybridized carbons (Fsp3) is 0.562. The van der Waals surface area contributed by atoms with Gasteiger partial charge in [-0.25, -0.2) is 0 Å². The Bertz CT molecular complexity index is 461. The highest BCUT2D eigenvalue weighted by Crippen LogP contribution is 2.13. The number of ether oxygens (including phenoxy) is 1. The van der Waals surface area contributed by atoms with E-state index >= 15 is 0 Å². The summed E-state index contributed by atoms with van der Waals surface area (Å²) in [5, 5.41) is 9.19. The van der Waals surface area contributed by atoms with Crippen molar-refractivity contribution in [1.82, 2.24) is 4.90 Å². The molecule has 4 heteroatoms. The van der Waals surface area contributed by atoms with Crippen molar-refractivity contribution >= 4 is 5.78 Å². The standard InChI is InChI=1S/C16H23NO3/c1-12-4-3-5-14(8-12)16(19)6-7-17-9-13(2)20-15(10-17)11-18/h3-5,8,13,15,18H,6-7,9-11H2,1-2H3. The highest BCUT2D eigenvalue weighted by molar-refractivity contribution is 5.96. The molecule has 1 heterocycles. The van der Waals surface area contributed by atoms with Crippen molar-refractivity contribution < 1.29 is 14.6 Å². The van der Waals surface area contributed by atoms with Crippen molar-refractivity contribution in [2.24, 2.45) is 0 Å². The van der Waals surface area contributed by atoms with Gasteiger partial charge < -0.3 is 9.84 Å². The lowest BCUT2D eigenvalue weighted by Gasteiger charge is -2.35. The number of carbonyl (C=O) groups excluding carboxylic acids is 1. The van der Waals surface area contributed by atoms with Crippen LogP contribution in [0.1, 0.15) is 29.3 Å². The fourth-order valence-electron chi connectivity index (χ4n) is 2.65. The second-order valence-corrected chi connectivity index (χ2v) is 5.55. The molecular formula is C16H23NO3. The number of aliphatic hydroxyl groups is 1. The lowest BCUT2D eigenvalue weighted by atomic mass is 10.1. The van der Waals surface area contributed by atoms with Gasteiger partial charge in [-0.05, 0) is 19.9 Å². The van der Waals surface area contributed by atoms with Crippen LogP contribution in [0.3, 0.4) is 0 Å². The number of morpholine rings is 1. The first-order valence-corrected chi connectivity index (χ1v) is 7.17. The Morgan fingerprint density at radius 2 is 2.25 bits per heavy atom. The van der Waals surface area contributed by atoms with Gasteiger partial charge >= 0.3 is 0 Å². The van der Waals surface area contributed by atoms with Crippen LogP contribution in [0, 0.1) is 6.92 Å². The van der Waals surface area contributed by atoms with Crippen LogP contribution >= 0.6 is 0 Å². The van der Waals surface area contributed by atoms with Gasteiger partial charge in [-0.3, -0.25) is 9.69 Å². The summed E-state index contributed by atoms with van der Waals surface area (Å²) in [6, 6.07) is 7.71. The van der Waals surface area contributed by atoms with E-state index in [9.17, 15) is 9.90 Å². The first-order valence-electron chi connectivity index (χ1n) is 7.17. The predicted molar refractivity (Wildman–Crippen MR) is 78.0 cm³/mol. The van der Waals surface area contributed by atoms with Crippen molar-refractivity contribution in [2.45, 2.75) is 32.5 Å². The molecule has 2 atom stereocenters. The number of ketones is 1. The van der Waals surface area contributed by atoms with E-state index in [0.717, 1.165) is 24.2 Å². The van der Waals surface area contributed by atoms with Gasteiger partial charge in [-0.15, -0.1) is 0 Å². The third-order valence-electron chi connectivity index (χ3n) is 3.60. The Kier molecular flexibility index (Phi) is 5.29. The zero-order chi connectivity index (χ0) is 14.5. The summed E-state index contributed by atoms with van der Waals surface area (Å²) in [5.74, 6) is 0.174. The van der Waals surface area contributed by atoms with Crippen LogP contribution < -0.4 is 0 Å². The maximum absolute atomic E-state index is 12.2. The Hall–Kier alpha value is -1.23. The molecule has 110 valence electrons. The predicted octanol–water partition coefficient (Wildman–Crippen LogP) is 1.65. The summed E-state index contributed by atoms with van der Waals surface area (Å²) < 4.78 is 5.60. The number of carbonyl (C=O) groups is 1. The summed E-state index contributed by atoms with van der Waals surface area (Å²) in [5.41, 5.74) is 1.89. The average molecular weight is 277 g/mol. The Balaban J connectivity index is 1.87. The Morgan fingerprint density at radius 1 is 1.45 bits per heavy atom. The second kappa shape index (κ2) is 6.97. The van der Waals surface area contributed by atoms with E-state index in [-0.39, 0.29) is 24.6 Å². The van der Waals surface area contributed by atoms with Crippen molar-refractivity contribution in [3.63, 3.8) is 0 Å². The van der Waals surface area contributed by atoms with Crippen LogP contribution in [0.25, 0.3) is 0 Å². The smallest absolute Gasteiger partial charge is 0.164 e. The quantitative estimate of drug-likeness (QED) is 0.831. The van der Waals surface area contributed by atoms with Gasteiger partial charge in [0.1, 0.15) is 0 Å². The number of aliphatic hydroxyl groups excluding tert-OH is 1. The van der Waals surface area contributed by atoms with Gasteiger partial charge in [-0.1, -0.05) is 23.8 Å². The minimum atomic E-state index is -0.132. The first-order chi connectivity index (χ1) is 9.58. The third kappa shape index (κ3) is 4.13. The molecule has 1 fully saturated rings. The van der Waals surface area contributed by atoms with Gasteiger partial charge in [0.25, 0.3) is 0 Å². The molecule has 0 aliphatic carbocycles. The van der Waals surface area contributed by atoms with E-state index in [1.807, 2.05) is 38.1 Å². The van der Waals surface area contributed by atoms with E-state index in [4.69, 9.17) is 4.74 Å². The molecular weight excluding hydrogens is 254 g/mol. The van der Waals surface area contributed by atoms with E-state index in [0.29, 0.717) is 13.0 Å².